The molecule has 8 heteroatoms. The van der Waals surface area contributed by atoms with E-state index in [1.165, 1.54) is 6.07 Å². The molecular weight excluding hydrogens is 402 g/mol. The van der Waals surface area contributed by atoms with Crippen molar-refractivity contribution < 1.29 is 18.3 Å². The molecule has 162 valence electrons. The maximum atomic E-state index is 13.3. The van der Waals surface area contributed by atoms with Crippen molar-refractivity contribution in [3.05, 3.63) is 64.5 Å². The maximum Gasteiger partial charge on any atom is 0.265 e. The van der Waals surface area contributed by atoms with Gasteiger partial charge in [-0.1, -0.05) is 0 Å². The summed E-state index contributed by atoms with van der Waals surface area (Å²) in [5, 5.41) is 0.850. The standard InChI is InChI=1S/C23H24F2N4O2/c1-4-29(12(2)18-7-6-15(10-27-18)21(24)25)23(30)14-5-8-19-16(9-14)17-11-31-13(3)20(17)22(26)28-19/h5-10,12-13,21H,4,11H2,1-3H3,(H2,26,28)/t12?,13-/m1/s1. The molecule has 2 aromatic heterocycles. The molecule has 0 saturated heterocycles. The minimum atomic E-state index is -2.57. The second-order valence-corrected chi connectivity index (χ2v) is 7.66. The Morgan fingerprint density at radius 2 is 2.10 bits per heavy atom. The number of nitrogens with two attached hydrogens (primary N) is 1. The zero-order valence-corrected chi connectivity index (χ0v) is 17.6. The van der Waals surface area contributed by atoms with Crippen LogP contribution in [0.2, 0.25) is 0 Å². The van der Waals surface area contributed by atoms with Gasteiger partial charge in [0.25, 0.3) is 12.3 Å². The highest BCUT2D eigenvalue weighted by atomic mass is 19.3. The van der Waals surface area contributed by atoms with Crippen LogP contribution in [0.1, 0.15) is 72.1 Å². The Morgan fingerprint density at radius 1 is 1.32 bits per heavy atom. The predicted octanol–water partition coefficient (Wildman–Crippen LogP) is 4.96. The van der Waals surface area contributed by atoms with E-state index in [-0.39, 0.29) is 23.6 Å². The molecule has 1 aliphatic rings. The molecule has 0 aliphatic carbocycles. The molecule has 2 N–H and O–H groups in total. The molecule has 3 aromatic rings. The highest BCUT2D eigenvalue weighted by Gasteiger charge is 2.27. The molecule has 31 heavy (non-hydrogen) atoms. The Labute approximate surface area is 179 Å². The zero-order valence-electron chi connectivity index (χ0n) is 17.6. The first-order chi connectivity index (χ1) is 14.8. The summed E-state index contributed by atoms with van der Waals surface area (Å²) in [6.45, 7) is 6.50. The van der Waals surface area contributed by atoms with Crippen LogP contribution in [-0.2, 0) is 11.3 Å². The summed E-state index contributed by atoms with van der Waals surface area (Å²) in [6.07, 6.45) is -1.55. The second kappa shape index (κ2) is 8.19. The normalized spacial score (nSPS) is 16.5. The number of amides is 1. The van der Waals surface area contributed by atoms with E-state index in [1.54, 1.807) is 23.1 Å². The summed E-state index contributed by atoms with van der Waals surface area (Å²) in [5.41, 5.74) is 9.59. The van der Waals surface area contributed by atoms with Gasteiger partial charge in [0, 0.05) is 34.8 Å². The van der Waals surface area contributed by atoms with E-state index in [0.29, 0.717) is 35.7 Å². The van der Waals surface area contributed by atoms with E-state index in [2.05, 4.69) is 9.97 Å². The van der Waals surface area contributed by atoms with Crippen molar-refractivity contribution in [3.8, 4) is 0 Å². The number of aromatic nitrogens is 2. The first-order valence-corrected chi connectivity index (χ1v) is 10.2. The van der Waals surface area contributed by atoms with Crippen LogP contribution in [0, 0.1) is 0 Å². The molecular formula is C23H24F2N4O2. The second-order valence-electron chi connectivity index (χ2n) is 7.66. The van der Waals surface area contributed by atoms with Gasteiger partial charge in [0.05, 0.1) is 30.0 Å². The summed E-state index contributed by atoms with van der Waals surface area (Å²) < 4.78 is 31.4. The monoisotopic (exact) mass is 426 g/mol. The van der Waals surface area contributed by atoms with Gasteiger partial charge in [-0.3, -0.25) is 9.78 Å². The first-order valence-electron chi connectivity index (χ1n) is 10.2. The highest BCUT2D eigenvalue weighted by molar-refractivity contribution is 5.99. The number of nitrogen functional groups attached to an aromatic ring is 1. The van der Waals surface area contributed by atoms with Crippen LogP contribution in [0.25, 0.3) is 10.9 Å². The number of ether oxygens (including phenoxy) is 1. The topological polar surface area (TPSA) is 81.3 Å². The van der Waals surface area contributed by atoms with E-state index in [9.17, 15) is 13.6 Å². The van der Waals surface area contributed by atoms with E-state index in [4.69, 9.17) is 10.5 Å². The van der Waals surface area contributed by atoms with E-state index < -0.39 is 6.43 Å². The fourth-order valence-electron chi connectivity index (χ4n) is 4.11. The maximum absolute atomic E-state index is 13.3. The molecule has 0 spiro atoms. The molecule has 0 fully saturated rings. The fraction of sp³-hybridized carbons (Fsp3) is 0.348. The number of fused-ring (bicyclic) bond motifs is 3. The summed E-state index contributed by atoms with van der Waals surface area (Å²) in [6, 6.07) is 7.85. The van der Waals surface area contributed by atoms with Crippen molar-refractivity contribution >= 4 is 22.6 Å². The van der Waals surface area contributed by atoms with Crippen molar-refractivity contribution in [3.63, 3.8) is 0 Å². The molecule has 1 aromatic carbocycles. The Kier molecular flexibility index (Phi) is 5.58. The van der Waals surface area contributed by atoms with Gasteiger partial charge < -0.3 is 15.4 Å². The van der Waals surface area contributed by atoms with Crippen LogP contribution in [0.5, 0.6) is 0 Å². The number of carbonyl (C=O) groups excluding carboxylic acids is 1. The average molecular weight is 426 g/mol. The van der Waals surface area contributed by atoms with Gasteiger partial charge in [-0.25, -0.2) is 13.8 Å². The molecule has 0 bridgehead atoms. The van der Waals surface area contributed by atoms with Gasteiger partial charge in [0.2, 0.25) is 0 Å². The van der Waals surface area contributed by atoms with E-state index in [0.717, 1.165) is 22.7 Å². The number of nitrogens with zero attached hydrogens (tertiary/aromatic N) is 3. The molecule has 1 unspecified atom stereocenters. The van der Waals surface area contributed by atoms with Crippen LogP contribution in [0.4, 0.5) is 14.6 Å². The number of benzene rings is 1. The van der Waals surface area contributed by atoms with Gasteiger partial charge in [-0.15, -0.1) is 0 Å². The van der Waals surface area contributed by atoms with E-state index in [1.807, 2.05) is 26.8 Å². The number of anilines is 1. The molecule has 2 atom stereocenters. The predicted molar refractivity (Wildman–Crippen MR) is 114 cm³/mol. The van der Waals surface area contributed by atoms with Crippen LogP contribution in [0.15, 0.2) is 36.5 Å². The van der Waals surface area contributed by atoms with Gasteiger partial charge in [-0.05, 0) is 56.7 Å². The van der Waals surface area contributed by atoms with Gasteiger partial charge in [0.15, 0.2) is 0 Å². The lowest BCUT2D eigenvalue weighted by Crippen LogP contribution is -2.33. The number of rotatable bonds is 5. The van der Waals surface area contributed by atoms with Crippen molar-refractivity contribution in [1.82, 2.24) is 14.9 Å². The van der Waals surface area contributed by atoms with Gasteiger partial charge >= 0.3 is 0 Å². The van der Waals surface area contributed by atoms with Crippen LogP contribution in [0.3, 0.4) is 0 Å². The minimum Gasteiger partial charge on any atom is -0.383 e. The summed E-state index contributed by atoms with van der Waals surface area (Å²) in [5.74, 6) is 0.280. The minimum absolute atomic E-state index is 0.138. The molecule has 1 aliphatic heterocycles. The van der Waals surface area contributed by atoms with Crippen LogP contribution < -0.4 is 5.73 Å². The summed E-state index contributed by atoms with van der Waals surface area (Å²) in [4.78, 5) is 23.6. The SMILES string of the molecule is CCN(C(=O)c1ccc2nc(N)c3c(c2c1)CO[C@@H]3C)C(C)c1ccc(C(F)F)cn1. The number of pyridine rings is 2. The smallest absolute Gasteiger partial charge is 0.265 e. The van der Waals surface area contributed by atoms with Crippen molar-refractivity contribution in [2.24, 2.45) is 0 Å². The third-order valence-corrected chi connectivity index (χ3v) is 5.85. The lowest BCUT2D eigenvalue weighted by Gasteiger charge is -2.28. The third-order valence-electron chi connectivity index (χ3n) is 5.85. The molecule has 0 saturated carbocycles. The van der Waals surface area contributed by atoms with Crippen molar-refractivity contribution in [1.29, 1.82) is 0 Å². The molecule has 6 nitrogen and oxygen atoms in total. The average Bonchev–Trinajstić information content (AvgIpc) is 3.16. The molecule has 1 amide bonds. The van der Waals surface area contributed by atoms with Gasteiger partial charge in [-0.2, -0.15) is 0 Å². The Morgan fingerprint density at radius 3 is 2.74 bits per heavy atom. The lowest BCUT2D eigenvalue weighted by atomic mass is 9.99. The van der Waals surface area contributed by atoms with Crippen molar-refractivity contribution in [2.75, 3.05) is 12.3 Å². The van der Waals surface area contributed by atoms with E-state index >= 15 is 0 Å². The fourth-order valence-corrected chi connectivity index (χ4v) is 4.11. The zero-order chi connectivity index (χ0) is 22.3. The Balaban J connectivity index is 1.68. The summed E-state index contributed by atoms with van der Waals surface area (Å²) in [7, 11) is 0. The lowest BCUT2D eigenvalue weighted by molar-refractivity contribution is 0.0698. The quantitative estimate of drug-likeness (QED) is 0.623. The van der Waals surface area contributed by atoms with Gasteiger partial charge in [0.1, 0.15) is 5.82 Å². The van der Waals surface area contributed by atoms with Crippen LogP contribution >= 0.6 is 0 Å². The number of carbonyl (C=O) groups is 1. The summed E-state index contributed by atoms with van der Waals surface area (Å²) >= 11 is 0. The molecule has 4 rings (SSSR count). The number of halogens is 2. The largest absolute Gasteiger partial charge is 0.383 e. The molecule has 0 radical (unpaired) electrons. The Hall–Kier alpha value is -3.13. The van der Waals surface area contributed by atoms with Crippen molar-refractivity contribution in [2.45, 2.75) is 45.9 Å². The number of alkyl halides is 2. The molecule has 3 heterocycles. The highest BCUT2D eigenvalue weighted by Crippen LogP contribution is 2.38. The first kappa shape index (κ1) is 21.1. The Bertz CT molecular complexity index is 1130. The third kappa shape index (κ3) is 3.72. The van der Waals surface area contributed by atoms with Crippen LogP contribution in [-0.4, -0.2) is 27.3 Å². The number of hydrogen-bond acceptors (Lipinski definition) is 5. The number of hydrogen-bond donors (Lipinski definition) is 1.